The van der Waals surface area contributed by atoms with E-state index in [4.69, 9.17) is 11.6 Å². The molecule has 0 aliphatic rings. The van der Waals surface area contributed by atoms with Gasteiger partial charge in [0.05, 0.1) is 28.3 Å². The molecular formula is C19H16ClN5O. The lowest BCUT2D eigenvalue weighted by atomic mass is 10.3. The van der Waals surface area contributed by atoms with Crippen LogP contribution in [0.1, 0.15) is 16.3 Å². The molecule has 2 aromatic carbocycles. The molecule has 0 unspecified atom stereocenters. The van der Waals surface area contributed by atoms with E-state index >= 15 is 0 Å². The lowest BCUT2D eigenvalue weighted by Crippen LogP contribution is -2.27. The number of aromatic amines is 1. The van der Waals surface area contributed by atoms with E-state index in [2.05, 4.69) is 15.1 Å². The zero-order chi connectivity index (χ0) is 18.1. The van der Waals surface area contributed by atoms with Gasteiger partial charge in [0.1, 0.15) is 5.82 Å². The Morgan fingerprint density at radius 2 is 1.92 bits per heavy atom. The van der Waals surface area contributed by atoms with Gasteiger partial charge in [-0.2, -0.15) is 5.10 Å². The molecule has 0 radical (unpaired) electrons. The lowest BCUT2D eigenvalue weighted by Gasteiger charge is -2.14. The first-order valence-electron chi connectivity index (χ1n) is 8.11. The summed E-state index contributed by atoms with van der Waals surface area (Å²) in [6.07, 6.45) is 1.73. The van der Waals surface area contributed by atoms with Crippen LogP contribution in [0.3, 0.4) is 0 Å². The lowest BCUT2D eigenvalue weighted by molar-refractivity contribution is 0.0775. The summed E-state index contributed by atoms with van der Waals surface area (Å²) < 4.78 is 1.60. The maximum absolute atomic E-state index is 12.7. The minimum atomic E-state index is -0.184. The van der Waals surface area contributed by atoms with Gasteiger partial charge in [-0.1, -0.05) is 35.9 Å². The van der Waals surface area contributed by atoms with Gasteiger partial charge < -0.3 is 9.88 Å². The van der Waals surface area contributed by atoms with Crippen LogP contribution >= 0.6 is 11.6 Å². The molecule has 2 heterocycles. The van der Waals surface area contributed by atoms with Crippen molar-refractivity contribution < 1.29 is 4.79 Å². The number of hydrogen-bond acceptors (Lipinski definition) is 3. The Hall–Kier alpha value is -3.12. The predicted molar refractivity (Wildman–Crippen MR) is 100 cm³/mol. The topological polar surface area (TPSA) is 66.8 Å². The van der Waals surface area contributed by atoms with Crippen molar-refractivity contribution in [3.63, 3.8) is 0 Å². The second-order valence-electron chi connectivity index (χ2n) is 5.96. The zero-order valence-electron chi connectivity index (χ0n) is 14.1. The number of aromatic nitrogens is 4. The van der Waals surface area contributed by atoms with Gasteiger partial charge in [0.25, 0.3) is 5.91 Å². The molecule has 0 atom stereocenters. The van der Waals surface area contributed by atoms with Gasteiger partial charge >= 0.3 is 0 Å². The van der Waals surface area contributed by atoms with Crippen LogP contribution in [0.25, 0.3) is 16.7 Å². The summed E-state index contributed by atoms with van der Waals surface area (Å²) >= 11 is 6.19. The molecule has 2 aromatic heterocycles. The van der Waals surface area contributed by atoms with Crippen LogP contribution in [-0.2, 0) is 6.54 Å². The second-order valence-corrected chi connectivity index (χ2v) is 6.37. The normalized spacial score (nSPS) is 11.0. The molecule has 0 fully saturated rings. The molecule has 26 heavy (non-hydrogen) atoms. The molecule has 6 nitrogen and oxygen atoms in total. The van der Waals surface area contributed by atoms with Crippen molar-refractivity contribution in [3.05, 3.63) is 77.3 Å². The summed E-state index contributed by atoms with van der Waals surface area (Å²) in [7, 11) is 1.73. The number of fused-ring (bicyclic) bond motifs is 1. The van der Waals surface area contributed by atoms with E-state index in [9.17, 15) is 4.79 Å². The molecule has 7 heteroatoms. The Kier molecular flexibility index (Phi) is 4.18. The highest BCUT2D eigenvalue weighted by Gasteiger charge is 2.17. The van der Waals surface area contributed by atoms with Crippen LogP contribution < -0.4 is 0 Å². The minimum Gasteiger partial charge on any atom is -0.340 e. The van der Waals surface area contributed by atoms with Crippen LogP contribution in [0.15, 0.2) is 60.8 Å². The van der Waals surface area contributed by atoms with Crippen molar-refractivity contribution in [2.45, 2.75) is 6.54 Å². The Bertz CT molecular complexity index is 1050. The predicted octanol–water partition coefficient (Wildman–Crippen LogP) is 3.67. The van der Waals surface area contributed by atoms with E-state index in [-0.39, 0.29) is 5.91 Å². The minimum absolute atomic E-state index is 0.184. The molecule has 4 aromatic rings. The third-order valence-corrected chi connectivity index (χ3v) is 4.40. The standard InChI is InChI=1S/C19H16ClN5O/c1-24(12-18-21-14-7-3-4-8-15(14)22-18)19(26)16-10-11-25(23-16)17-9-5-2-6-13(17)20/h2-11H,12H2,1H3,(H,21,22). The van der Waals surface area contributed by atoms with Crippen LogP contribution in [0, 0.1) is 0 Å². The van der Waals surface area contributed by atoms with Crippen LogP contribution in [-0.4, -0.2) is 37.6 Å². The maximum atomic E-state index is 12.7. The molecule has 130 valence electrons. The Morgan fingerprint density at radius 1 is 1.15 bits per heavy atom. The third-order valence-electron chi connectivity index (χ3n) is 4.08. The molecule has 0 saturated heterocycles. The van der Waals surface area contributed by atoms with Gasteiger partial charge in [-0.3, -0.25) is 4.79 Å². The number of hydrogen-bond donors (Lipinski definition) is 1. The average molecular weight is 366 g/mol. The van der Waals surface area contributed by atoms with E-state index < -0.39 is 0 Å². The monoisotopic (exact) mass is 365 g/mol. The number of para-hydroxylation sites is 3. The molecule has 4 rings (SSSR count). The number of carbonyl (C=O) groups is 1. The number of H-pyrrole nitrogens is 1. The van der Waals surface area contributed by atoms with Crippen LogP contribution in [0.5, 0.6) is 0 Å². The van der Waals surface area contributed by atoms with E-state index in [1.807, 2.05) is 42.5 Å². The highest BCUT2D eigenvalue weighted by molar-refractivity contribution is 6.32. The molecule has 0 aliphatic heterocycles. The Morgan fingerprint density at radius 3 is 2.73 bits per heavy atom. The first-order chi connectivity index (χ1) is 12.6. The van der Waals surface area contributed by atoms with Crippen molar-refractivity contribution in [2.24, 2.45) is 0 Å². The van der Waals surface area contributed by atoms with Crippen molar-refractivity contribution in [1.82, 2.24) is 24.6 Å². The number of amides is 1. The van der Waals surface area contributed by atoms with Gasteiger partial charge in [0.15, 0.2) is 5.69 Å². The first kappa shape index (κ1) is 16.4. The highest BCUT2D eigenvalue weighted by Crippen LogP contribution is 2.19. The van der Waals surface area contributed by atoms with E-state index in [1.165, 1.54) is 0 Å². The second kappa shape index (κ2) is 6.65. The van der Waals surface area contributed by atoms with Gasteiger partial charge in [0.2, 0.25) is 0 Å². The zero-order valence-corrected chi connectivity index (χ0v) is 14.8. The number of carbonyl (C=O) groups excluding carboxylic acids is 1. The highest BCUT2D eigenvalue weighted by atomic mass is 35.5. The first-order valence-corrected chi connectivity index (χ1v) is 8.49. The summed E-state index contributed by atoms with van der Waals surface area (Å²) in [5.41, 5.74) is 2.91. The number of halogens is 1. The summed E-state index contributed by atoms with van der Waals surface area (Å²) in [6.45, 7) is 0.368. The third kappa shape index (κ3) is 3.07. The van der Waals surface area contributed by atoms with Gasteiger partial charge in [-0.15, -0.1) is 0 Å². The number of rotatable bonds is 4. The fourth-order valence-corrected chi connectivity index (χ4v) is 3.00. The van der Waals surface area contributed by atoms with Crippen molar-refractivity contribution in [3.8, 4) is 5.69 Å². The molecule has 0 saturated carbocycles. The van der Waals surface area contributed by atoms with Gasteiger partial charge in [-0.25, -0.2) is 9.67 Å². The van der Waals surface area contributed by atoms with E-state index in [0.29, 0.717) is 17.3 Å². The molecule has 1 amide bonds. The van der Waals surface area contributed by atoms with Crippen molar-refractivity contribution >= 4 is 28.5 Å². The molecule has 1 N–H and O–H groups in total. The molecule has 0 spiro atoms. The largest absolute Gasteiger partial charge is 0.340 e. The summed E-state index contributed by atoms with van der Waals surface area (Å²) in [5.74, 6) is 0.545. The molecule has 0 aliphatic carbocycles. The van der Waals surface area contributed by atoms with Gasteiger partial charge in [-0.05, 0) is 30.3 Å². The van der Waals surface area contributed by atoms with E-state index in [1.54, 1.807) is 35.0 Å². The average Bonchev–Trinajstić information content (AvgIpc) is 3.28. The number of nitrogens with zero attached hydrogens (tertiary/aromatic N) is 4. The maximum Gasteiger partial charge on any atom is 0.274 e. The molecular weight excluding hydrogens is 350 g/mol. The number of imidazole rings is 1. The number of benzene rings is 2. The van der Waals surface area contributed by atoms with Gasteiger partial charge in [0, 0.05) is 13.2 Å². The summed E-state index contributed by atoms with van der Waals surface area (Å²) in [4.78, 5) is 22.0. The van der Waals surface area contributed by atoms with Crippen molar-refractivity contribution in [2.75, 3.05) is 7.05 Å². The number of nitrogens with one attached hydrogen (secondary N) is 1. The molecule has 0 bridgehead atoms. The van der Waals surface area contributed by atoms with Crippen molar-refractivity contribution in [1.29, 1.82) is 0 Å². The van der Waals surface area contributed by atoms with Crippen LogP contribution in [0.4, 0.5) is 0 Å². The smallest absolute Gasteiger partial charge is 0.274 e. The quantitative estimate of drug-likeness (QED) is 0.600. The Balaban J connectivity index is 1.53. The fourth-order valence-electron chi connectivity index (χ4n) is 2.78. The summed E-state index contributed by atoms with van der Waals surface area (Å²) in [6, 6.07) is 16.8. The fraction of sp³-hybridized carbons (Fsp3) is 0.105. The summed E-state index contributed by atoms with van der Waals surface area (Å²) in [5, 5.41) is 4.93. The van der Waals surface area contributed by atoms with E-state index in [0.717, 1.165) is 22.5 Å². The SMILES string of the molecule is CN(Cc1nc2ccccc2[nH]1)C(=O)c1ccn(-c2ccccc2Cl)n1. The Labute approximate surface area is 155 Å². The van der Waals surface area contributed by atoms with Crippen LogP contribution in [0.2, 0.25) is 5.02 Å².